The van der Waals surface area contributed by atoms with Crippen molar-refractivity contribution < 1.29 is 14.3 Å². The topological polar surface area (TPSA) is 84.0 Å². The molecule has 0 spiro atoms. The van der Waals surface area contributed by atoms with Crippen LogP contribution in [-0.4, -0.2) is 50.9 Å². The molecule has 1 aromatic carbocycles. The molecule has 0 radical (unpaired) electrons. The number of para-hydroxylation sites is 1. The zero-order valence-corrected chi connectivity index (χ0v) is 14.9. The molecular formula is C17H28N4O3. The number of hydrogen-bond acceptors (Lipinski definition) is 4. The first-order chi connectivity index (χ1) is 11.4. The molecule has 0 bridgehead atoms. The number of hydrogen-bond donors (Lipinski definition) is 3. The molecule has 1 aromatic rings. The number of guanidine groups is 1. The number of carbonyl (C=O) groups excluding carboxylic acids is 1. The van der Waals surface area contributed by atoms with Gasteiger partial charge in [-0.1, -0.05) is 18.2 Å². The van der Waals surface area contributed by atoms with Gasteiger partial charge in [-0.15, -0.1) is 0 Å². The minimum absolute atomic E-state index is 0.427. The molecule has 0 saturated heterocycles. The minimum atomic E-state index is -0.492. The van der Waals surface area contributed by atoms with Gasteiger partial charge in [-0.2, -0.15) is 0 Å². The lowest BCUT2D eigenvalue weighted by molar-refractivity contribution is 0.0529. The average molecular weight is 336 g/mol. The van der Waals surface area contributed by atoms with Crippen LogP contribution >= 0.6 is 0 Å². The van der Waals surface area contributed by atoms with Crippen molar-refractivity contribution in [3.8, 4) is 5.75 Å². The van der Waals surface area contributed by atoms with E-state index in [0.717, 1.165) is 5.75 Å². The second-order valence-electron chi connectivity index (χ2n) is 6.02. The van der Waals surface area contributed by atoms with Crippen LogP contribution in [0, 0.1) is 0 Å². The Morgan fingerprint density at radius 3 is 2.29 bits per heavy atom. The highest BCUT2D eigenvalue weighted by molar-refractivity contribution is 5.79. The second kappa shape index (κ2) is 10.4. The van der Waals surface area contributed by atoms with E-state index in [4.69, 9.17) is 9.47 Å². The molecule has 7 nitrogen and oxygen atoms in total. The molecule has 0 saturated carbocycles. The number of carbonyl (C=O) groups is 1. The van der Waals surface area contributed by atoms with Gasteiger partial charge < -0.3 is 25.4 Å². The summed E-state index contributed by atoms with van der Waals surface area (Å²) in [7, 11) is 1.69. The van der Waals surface area contributed by atoms with Gasteiger partial charge in [0.2, 0.25) is 0 Å². The zero-order valence-electron chi connectivity index (χ0n) is 14.9. The highest BCUT2D eigenvalue weighted by Gasteiger charge is 2.15. The predicted octanol–water partition coefficient (Wildman–Crippen LogP) is 1.76. The largest absolute Gasteiger partial charge is 0.492 e. The fourth-order valence-corrected chi connectivity index (χ4v) is 1.74. The van der Waals surface area contributed by atoms with Crippen LogP contribution in [0.4, 0.5) is 4.79 Å². The smallest absolute Gasteiger partial charge is 0.407 e. The van der Waals surface area contributed by atoms with Crippen molar-refractivity contribution in [1.82, 2.24) is 16.0 Å². The Morgan fingerprint density at radius 1 is 1.04 bits per heavy atom. The van der Waals surface area contributed by atoms with Crippen LogP contribution in [0.3, 0.4) is 0 Å². The molecule has 24 heavy (non-hydrogen) atoms. The number of rotatable bonds is 7. The Morgan fingerprint density at radius 2 is 1.67 bits per heavy atom. The van der Waals surface area contributed by atoms with Crippen LogP contribution in [0.15, 0.2) is 35.3 Å². The standard InChI is InChI=1S/C17H28N4O3/c1-17(2,3)24-16(22)21-11-10-19-15(18-4)20-12-13-23-14-8-6-5-7-9-14/h5-9H,10-13H2,1-4H3,(H,21,22)(H2,18,19,20). The number of amides is 1. The van der Waals surface area contributed by atoms with E-state index in [1.807, 2.05) is 51.1 Å². The number of nitrogens with zero attached hydrogens (tertiary/aromatic N) is 1. The molecule has 0 heterocycles. The summed E-state index contributed by atoms with van der Waals surface area (Å²) in [6.07, 6.45) is -0.427. The van der Waals surface area contributed by atoms with Gasteiger partial charge in [0.05, 0.1) is 6.54 Å². The Balaban J connectivity index is 2.11. The fourth-order valence-electron chi connectivity index (χ4n) is 1.74. The van der Waals surface area contributed by atoms with Gasteiger partial charge in [-0.3, -0.25) is 4.99 Å². The van der Waals surface area contributed by atoms with Gasteiger partial charge in [-0.25, -0.2) is 4.79 Å². The lowest BCUT2D eigenvalue weighted by atomic mass is 10.2. The predicted molar refractivity (Wildman–Crippen MR) is 95.5 cm³/mol. The summed E-state index contributed by atoms with van der Waals surface area (Å²) in [5.74, 6) is 1.49. The van der Waals surface area contributed by atoms with Crippen molar-refractivity contribution in [2.75, 3.05) is 33.3 Å². The Labute approximate surface area is 143 Å². The van der Waals surface area contributed by atoms with Crippen LogP contribution in [0.2, 0.25) is 0 Å². The Kier molecular flexibility index (Phi) is 8.46. The average Bonchev–Trinajstić information content (AvgIpc) is 2.52. The van der Waals surface area contributed by atoms with Crippen molar-refractivity contribution in [2.45, 2.75) is 26.4 Å². The van der Waals surface area contributed by atoms with Crippen molar-refractivity contribution in [3.63, 3.8) is 0 Å². The summed E-state index contributed by atoms with van der Waals surface area (Å²) in [5, 5.41) is 8.91. The van der Waals surface area contributed by atoms with Crippen LogP contribution in [-0.2, 0) is 4.74 Å². The van der Waals surface area contributed by atoms with Crippen molar-refractivity contribution >= 4 is 12.1 Å². The van der Waals surface area contributed by atoms with Crippen molar-refractivity contribution in [1.29, 1.82) is 0 Å². The first-order valence-electron chi connectivity index (χ1n) is 8.00. The third-order valence-electron chi connectivity index (χ3n) is 2.72. The number of nitrogens with one attached hydrogen (secondary N) is 3. The zero-order chi connectivity index (χ0) is 17.8. The molecule has 0 aliphatic carbocycles. The summed E-state index contributed by atoms with van der Waals surface area (Å²) in [6.45, 7) is 7.61. The third kappa shape index (κ3) is 9.55. The number of alkyl carbamates (subject to hydrolysis) is 1. The van der Waals surface area contributed by atoms with E-state index >= 15 is 0 Å². The summed E-state index contributed by atoms with van der Waals surface area (Å²) < 4.78 is 10.7. The van der Waals surface area contributed by atoms with E-state index in [9.17, 15) is 4.79 Å². The lowest BCUT2D eigenvalue weighted by Gasteiger charge is -2.19. The first-order valence-corrected chi connectivity index (χ1v) is 8.00. The molecule has 0 unspecified atom stereocenters. The van der Waals surface area contributed by atoms with Crippen LogP contribution in [0.25, 0.3) is 0 Å². The second-order valence-corrected chi connectivity index (χ2v) is 6.02. The van der Waals surface area contributed by atoms with Gasteiger partial charge in [0, 0.05) is 20.1 Å². The van der Waals surface area contributed by atoms with E-state index in [0.29, 0.717) is 32.2 Å². The van der Waals surface area contributed by atoms with E-state index < -0.39 is 11.7 Å². The van der Waals surface area contributed by atoms with Gasteiger partial charge >= 0.3 is 6.09 Å². The monoisotopic (exact) mass is 336 g/mol. The van der Waals surface area contributed by atoms with Gasteiger partial charge in [0.15, 0.2) is 5.96 Å². The molecule has 0 atom stereocenters. The SMILES string of the molecule is CN=C(NCCNC(=O)OC(C)(C)C)NCCOc1ccccc1. The van der Waals surface area contributed by atoms with E-state index in [2.05, 4.69) is 20.9 Å². The molecule has 0 aromatic heterocycles. The molecule has 1 rings (SSSR count). The normalized spacial score (nSPS) is 11.6. The molecular weight excluding hydrogens is 308 g/mol. The molecule has 0 aliphatic heterocycles. The number of aliphatic imine (C=N–C) groups is 1. The Hall–Kier alpha value is -2.44. The number of ether oxygens (including phenoxy) is 2. The molecule has 3 N–H and O–H groups in total. The van der Waals surface area contributed by atoms with E-state index in [-0.39, 0.29) is 0 Å². The maximum atomic E-state index is 11.5. The maximum absolute atomic E-state index is 11.5. The Bertz CT molecular complexity index is 512. The minimum Gasteiger partial charge on any atom is -0.492 e. The molecule has 1 amide bonds. The third-order valence-corrected chi connectivity index (χ3v) is 2.72. The van der Waals surface area contributed by atoms with Crippen molar-refractivity contribution in [2.24, 2.45) is 4.99 Å². The van der Waals surface area contributed by atoms with Crippen LogP contribution in [0.1, 0.15) is 20.8 Å². The summed E-state index contributed by atoms with van der Waals surface area (Å²) in [4.78, 5) is 15.6. The molecule has 0 aliphatic rings. The number of benzene rings is 1. The van der Waals surface area contributed by atoms with Crippen LogP contribution < -0.4 is 20.7 Å². The summed E-state index contributed by atoms with van der Waals surface area (Å²) >= 11 is 0. The van der Waals surface area contributed by atoms with Crippen LogP contribution in [0.5, 0.6) is 5.75 Å². The van der Waals surface area contributed by atoms with Crippen molar-refractivity contribution in [3.05, 3.63) is 30.3 Å². The molecule has 0 fully saturated rings. The summed E-state index contributed by atoms with van der Waals surface area (Å²) in [6, 6.07) is 9.63. The highest BCUT2D eigenvalue weighted by atomic mass is 16.6. The molecule has 134 valence electrons. The van der Waals surface area contributed by atoms with E-state index in [1.165, 1.54) is 0 Å². The van der Waals surface area contributed by atoms with E-state index in [1.54, 1.807) is 7.05 Å². The quantitative estimate of drug-likeness (QED) is 0.401. The maximum Gasteiger partial charge on any atom is 0.407 e. The van der Waals surface area contributed by atoms with Gasteiger partial charge in [-0.05, 0) is 32.9 Å². The van der Waals surface area contributed by atoms with Gasteiger partial charge in [0.25, 0.3) is 0 Å². The lowest BCUT2D eigenvalue weighted by Crippen LogP contribution is -2.43. The fraction of sp³-hybridized carbons (Fsp3) is 0.529. The molecule has 7 heteroatoms. The highest BCUT2D eigenvalue weighted by Crippen LogP contribution is 2.07. The summed E-state index contributed by atoms with van der Waals surface area (Å²) in [5.41, 5.74) is -0.492. The van der Waals surface area contributed by atoms with Gasteiger partial charge in [0.1, 0.15) is 18.0 Å². The first kappa shape index (κ1) is 19.6.